The number of nitrogens with one attached hydrogen (secondary N) is 1. The molecule has 44 heavy (non-hydrogen) atoms. The summed E-state index contributed by atoms with van der Waals surface area (Å²) < 4.78 is 0. The Balaban J connectivity index is 3.71. The fourth-order valence-corrected chi connectivity index (χ4v) is 5.32. The highest BCUT2D eigenvalue weighted by molar-refractivity contribution is 5.76. The van der Waals surface area contributed by atoms with Gasteiger partial charge in [0.15, 0.2) is 0 Å². The molecule has 4 nitrogen and oxygen atoms in total. The van der Waals surface area contributed by atoms with Crippen molar-refractivity contribution in [3.05, 3.63) is 48.6 Å². The van der Waals surface area contributed by atoms with Crippen LogP contribution in [0, 0.1) is 0 Å². The van der Waals surface area contributed by atoms with Crippen LogP contribution in [0.4, 0.5) is 0 Å². The van der Waals surface area contributed by atoms with Gasteiger partial charge in [-0.15, -0.1) is 0 Å². The van der Waals surface area contributed by atoms with Crippen molar-refractivity contribution in [2.24, 2.45) is 0 Å². The second-order valence-electron chi connectivity index (χ2n) is 12.6. The highest BCUT2D eigenvalue weighted by atomic mass is 16.3. The third kappa shape index (κ3) is 31.8. The molecule has 0 aliphatic carbocycles. The third-order valence-electron chi connectivity index (χ3n) is 8.26. The summed E-state index contributed by atoms with van der Waals surface area (Å²) in [5.41, 5.74) is 0. The van der Waals surface area contributed by atoms with Crippen LogP contribution < -0.4 is 5.32 Å². The molecular formula is C40H73NO3. The standard InChI is InChI=1S/C40H73NO3/c1-3-5-7-9-11-13-15-17-18-19-20-21-22-23-24-25-27-29-31-33-35-39(43)38(37-42)41-40(44)36-34-32-30-28-26-16-14-12-10-8-6-4-2/h12,14,21-22,25,27,33,35,38-39,42-43H,3-11,13,15-20,23-24,26,28-32,34,36-37H2,1-2H3,(H,41,44)/b14-12-,22-21+,27-25+,35-33+. The summed E-state index contributed by atoms with van der Waals surface area (Å²) in [5, 5.41) is 22.8. The van der Waals surface area contributed by atoms with Gasteiger partial charge in [-0.2, -0.15) is 0 Å². The Labute approximate surface area is 274 Å². The predicted molar refractivity (Wildman–Crippen MR) is 193 cm³/mol. The molecule has 1 amide bonds. The first kappa shape index (κ1) is 42.3. The molecule has 0 heterocycles. The second-order valence-corrected chi connectivity index (χ2v) is 12.6. The molecule has 0 aliphatic rings. The van der Waals surface area contributed by atoms with Crippen molar-refractivity contribution in [2.75, 3.05) is 6.61 Å². The van der Waals surface area contributed by atoms with Crippen LogP contribution in [-0.2, 0) is 4.79 Å². The number of hydrogen-bond donors (Lipinski definition) is 3. The van der Waals surface area contributed by atoms with E-state index in [2.05, 4.69) is 55.6 Å². The zero-order valence-electron chi connectivity index (χ0n) is 29.2. The number of carbonyl (C=O) groups is 1. The van der Waals surface area contributed by atoms with E-state index in [1.807, 2.05) is 6.08 Å². The molecule has 0 radical (unpaired) electrons. The lowest BCUT2D eigenvalue weighted by Crippen LogP contribution is -2.45. The quantitative estimate of drug-likeness (QED) is 0.0508. The van der Waals surface area contributed by atoms with Crippen molar-refractivity contribution < 1.29 is 15.0 Å². The monoisotopic (exact) mass is 616 g/mol. The van der Waals surface area contributed by atoms with Crippen LogP contribution in [0.3, 0.4) is 0 Å². The molecule has 0 aromatic heterocycles. The lowest BCUT2D eigenvalue weighted by Gasteiger charge is -2.19. The summed E-state index contributed by atoms with van der Waals surface area (Å²) in [5.74, 6) is -0.0907. The van der Waals surface area contributed by atoms with Gasteiger partial charge in [0.1, 0.15) is 0 Å². The zero-order valence-corrected chi connectivity index (χ0v) is 29.2. The van der Waals surface area contributed by atoms with Gasteiger partial charge in [0.2, 0.25) is 5.91 Å². The number of allylic oxidation sites excluding steroid dienone is 7. The van der Waals surface area contributed by atoms with E-state index in [0.717, 1.165) is 51.4 Å². The Bertz CT molecular complexity index is 711. The summed E-state index contributed by atoms with van der Waals surface area (Å²) in [6.07, 6.45) is 47.7. The van der Waals surface area contributed by atoms with E-state index in [4.69, 9.17) is 0 Å². The Kier molecular flexibility index (Phi) is 34.5. The number of unbranched alkanes of at least 4 members (excludes halogenated alkanes) is 20. The van der Waals surface area contributed by atoms with Gasteiger partial charge in [0.25, 0.3) is 0 Å². The molecule has 0 bridgehead atoms. The van der Waals surface area contributed by atoms with Crippen molar-refractivity contribution >= 4 is 5.91 Å². The molecule has 0 fully saturated rings. The van der Waals surface area contributed by atoms with Gasteiger partial charge < -0.3 is 15.5 Å². The van der Waals surface area contributed by atoms with Gasteiger partial charge in [0.05, 0.1) is 18.8 Å². The second kappa shape index (κ2) is 35.8. The summed E-state index contributed by atoms with van der Waals surface area (Å²) >= 11 is 0. The molecule has 0 aromatic rings. The topological polar surface area (TPSA) is 69.6 Å². The maximum atomic E-state index is 12.3. The molecule has 0 spiro atoms. The van der Waals surface area contributed by atoms with Crippen LogP contribution in [-0.4, -0.2) is 34.9 Å². The average molecular weight is 616 g/mol. The first-order valence-corrected chi connectivity index (χ1v) is 18.9. The van der Waals surface area contributed by atoms with E-state index in [9.17, 15) is 15.0 Å². The van der Waals surface area contributed by atoms with Crippen LogP contribution in [0.25, 0.3) is 0 Å². The number of aliphatic hydroxyl groups is 2. The van der Waals surface area contributed by atoms with Crippen LogP contribution in [0.2, 0.25) is 0 Å². The van der Waals surface area contributed by atoms with E-state index in [1.54, 1.807) is 6.08 Å². The average Bonchev–Trinajstić information content (AvgIpc) is 3.03. The van der Waals surface area contributed by atoms with Crippen molar-refractivity contribution in [2.45, 2.75) is 193 Å². The van der Waals surface area contributed by atoms with Crippen molar-refractivity contribution in [3.63, 3.8) is 0 Å². The van der Waals surface area contributed by atoms with Gasteiger partial charge in [-0.1, -0.05) is 152 Å². The van der Waals surface area contributed by atoms with Crippen LogP contribution in [0.5, 0.6) is 0 Å². The predicted octanol–water partition coefficient (Wildman–Crippen LogP) is 11.2. The van der Waals surface area contributed by atoms with Crippen LogP contribution >= 0.6 is 0 Å². The maximum Gasteiger partial charge on any atom is 0.220 e. The van der Waals surface area contributed by atoms with Gasteiger partial charge in [-0.05, 0) is 70.6 Å². The molecule has 3 N–H and O–H groups in total. The molecule has 0 saturated carbocycles. The molecule has 2 unspecified atom stereocenters. The molecular weight excluding hydrogens is 542 g/mol. The molecule has 0 aromatic carbocycles. The minimum atomic E-state index is -0.872. The van der Waals surface area contributed by atoms with Crippen molar-refractivity contribution in [3.8, 4) is 0 Å². The van der Waals surface area contributed by atoms with Crippen molar-refractivity contribution in [1.29, 1.82) is 0 Å². The first-order valence-electron chi connectivity index (χ1n) is 18.9. The molecule has 0 rings (SSSR count). The molecule has 4 heteroatoms. The van der Waals surface area contributed by atoms with E-state index < -0.39 is 12.1 Å². The molecule has 2 atom stereocenters. The number of aliphatic hydroxyl groups excluding tert-OH is 2. The number of amides is 1. The minimum Gasteiger partial charge on any atom is -0.394 e. The molecule has 0 aliphatic heterocycles. The first-order chi connectivity index (χ1) is 21.7. The fourth-order valence-electron chi connectivity index (χ4n) is 5.32. The Morgan fingerprint density at radius 1 is 0.523 bits per heavy atom. The smallest absolute Gasteiger partial charge is 0.220 e. The van der Waals surface area contributed by atoms with Crippen LogP contribution in [0.15, 0.2) is 48.6 Å². The Morgan fingerprint density at radius 3 is 1.36 bits per heavy atom. The van der Waals surface area contributed by atoms with E-state index in [1.165, 1.54) is 109 Å². The lowest BCUT2D eigenvalue weighted by atomic mass is 10.1. The highest BCUT2D eigenvalue weighted by Gasteiger charge is 2.17. The number of carbonyl (C=O) groups excluding carboxylic acids is 1. The molecule has 0 saturated heterocycles. The largest absolute Gasteiger partial charge is 0.394 e. The van der Waals surface area contributed by atoms with E-state index >= 15 is 0 Å². The third-order valence-corrected chi connectivity index (χ3v) is 8.26. The number of rotatable bonds is 33. The lowest BCUT2D eigenvalue weighted by molar-refractivity contribution is -0.123. The van der Waals surface area contributed by atoms with Gasteiger partial charge in [0, 0.05) is 6.42 Å². The van der Waals surface area contributed by atoms with Gasteiger partial charge in [-0.3, -0.25) is 4.79 Å². The maximum absolute atomic E-state index is 12.3. The summed E-state index contributed by atoms with van der Waals surface area (Å²) in [6.45, 7) is 4.25. The Hall–Kier alpha value is -1.65. The molecule has 256 valence electrons. The summed E-state index contributed by atoms with van der Waals surface area (Å²) in [4.78, 5) is 12.3. The Morgan fingerprint density at radius 2 is 0.886 bits per heavy atom. The highest BCUT2D eigenvalue weighted by Crippen LogP contribution is 2.12. The summed E-state index contributed by atoms with van der Waals surface area (Å²) in [6, 6.07) is -0.648. The van der Waals surface area contributed by atoms with Crippen LogP contribution in [0.1, 0.15) is 181 Å². The number of hydrogen-bond acceptors (Lipinski definition) is 3. The van der Waals surface area contributed by atoms with Gasteiger partial charge in [-0.25, -0.2) is 0 Å². The SMILES string of the molecule is CCCCC/C=C\CCCCCCCC(=O)NC(CO)C(O)/C=C/CC/C=C/CC/C=C/CCCCCCCCCCCC. The van der Waals surface area contributed by atoms with Crippen molar-refractivity contribution in [1.82, 2.24) is 5.32 Å². The summed E-state index contributed by atoms with van der Waals surface area (Å²) in [7, 11) is 0. The van der Waals surface area contributed by atoms with Gasteiger partial charge >= 0.3 is 0 Å². The fraction of sp³-hybridized carbons (Fsp3) is 0.775. The minimum absolute atomic E-state index is 0.0907. The zero-order chi connectivity index (χ0) is 32.2. The normalized spacial score (nSPS) is 13.6. The van der Waals surface area contributed by atoms with E-state index in [0.29, 0.717) is 6.42 Å². The van der Waals surface area contributed by atoms with E-state index in [-0.39, 0.29) is 12.5 Å².